The van der Waals surface area contributed by atoms with Crippen LogP contribution in [0, 0.1) is 11.3 Å². The van der Waals surface area contributed by atoms with Gasteiger partial charge in [-0.3, -0.25) is 0 Å². The molecule has 0 saturated carbocycles. The molecule has 0 N–H and O–H groups in total. The van der Waals surface area contributed by atoms with Gasteiger partial charge in [0.2, 0.25) is 0 Å². The minimum Gasteiger partial charge on any atom is -0.425 e. The second kappa shape index (κ2) is 13.0. The highest BCUT2D eigenvalue weighted by atomic mass is 28.4. The Morgan fingerprint density at radius 3 is 2.06 bits per heavy atom. The zero-order valence-corrected chi connectivity index (χ0v) is 26.8. The monoisotopic (exact) mass is 498 g/mol. The first kappa shape index (κ1) is 27.2. The summed E-state index contributed by atoms with van der Waals surface area (Å²) in [5.41, 5.74) is 8.13. The Bertz CT molecular complexity index is 696. The summed E-state index contributed by atoms with van der Waals surface area (Å²) in [6.45, 7) is 18.9. The van der Waals surface area contributed by atoms with Crippen LogP contribution in [0.1, 0.15) is 100 Å². The zero-order valence-electron chi connectivity index (χ0n) is 21.4. The molecule has 0 aromatic heterocycles. The molecule has 2 atom stereocenters. The standard InChI is InChI=1S/C23H46O4Si4/c1-9-13-20-17(6)16(5)18(7)23(15-11-3,21(20)14-10-2)19(8)22(12-4)31-26-29-24-28-25-30-27-31/h18,31H,9-15,28-30H2,1-8H3. The van der Waals surface area contributed by atoms with Crippen molar-refractivity contribution in [3.8, 4) is 0 Å². The van der Waals surface area contributed by atoms with Crippen molar-refractivity contribution in [2.75, 3.05) is 0 Å². The van der Waals surface area contributed by atoms with Crippen LogP contribution in [0.15, 0.2) is 33.1 Å². The molecule has 1 aliphatic heterocycles. The van der Waals surface area contributed by atoms with E-state index in [-0.39, 0.29) is 5.41 Å². The number of allylic oxidation sites excluding steroid dienone is 6. The minimum absolute atomic E-state index is 0.0891. The van der Waals surface area contributed by atoms with Gasteiger partial charge in [-0.25, -0.2) is 0 Å². The third-order valence-corrected chi connectivity index (χ3v) is 15.2. The van der Waals surface area contributed by atoms with Crippen LogP contribution in [0.2, 0.25) is 0 Å². The predicted octanol–water partition coefficient (Wildman–Crippen LogP) is 4.22. The third kappa shape index (κ3) is 5.71. The molecule has 2 rings (SSSR count). The molecule has 1 saturated heterocycles. The van der Waals surface area contributed by atoms with Gasteiger partial charge in [0.05, 0.1) is 0 Å². The highest BCUT2D eigenvalue weighted by Gasteiger charge is 2.46. The van der Waals surface area contributed by atoms with E-state index in [9.17, 15) is 0 Å². The molecular formula is C23H46O4Si4. The first-order valence-electron chi connectivity index (χ1n) is 12.4. The average molecular weight is 499 g/mol. The quantitative estimate of drug-likeness (QED) is 0.446. The van der Waals surface area contributed by atoms with Gasteiger partial charge < -0.3 is 16.5 Å². The van der Waals surface area contributed by atoms with Gasteiger partial charge in [0.1, 0.15) is 0 Å². The maximum Gasteiger partial charge on any atom is 0.333 e. The molecular weight excluding hydrogens is 453 g/mol. The Hall–Kier alpha value is -0.0725. The highest BCUT2D eigenvalue weighted by molar-refractivity contribution is 6.65. The maximum atomic E-state index is 6.36. The molecule has 1 heterocycles. The molecule has 0 amide bonds. The molecule has 31 heavy (non-hydrogen) atoms. The molecule has 178 valence electrons. The maximum absolute atomic E-state index is 6.36. The zero-order chi connectivity index (χ0) is 23.0. The van der Waals surface area contributed by atoms with E-state index in [0.29, 0.717) is 5.92 Å². The van der Waals surface area contributed by atoms with Crippen molar-refractivity contribution < 1.29 is 16.5 Å². The fourth-order valence-electron chi connectivity index (χ4n) is 5.89. The van der Waals surface area contributed by atoms with Crippen LogP contribution >= 0.6 is 0 Å². The fraction of sp³-hybridized carbons (Fsp3) is 0.739. The largest absolute Gasteiger partial charge is 0.425 e. The first-order chi connectivity index (χ1) is 14.9. The van der Waals surface area contributed by atoms with Gasteiger partial charge in [-0.05, 0) is 68.7 Å². The van der Waals surface area contributed by atoms with Crippen molar-refractivity contribution in [3.05, 3.63) is 33.1 Å². The van der Waals surface area contributed by atoms with E-state index in [1.54, 1.807) is 27.9 Å². The van der Waals surface area contributed by atoms with Crippen molar-refractivity contribution in [3.63, 3.8) is 0 Å². The molecule has 0 aromatic carbocycles. The van der Waals surface area contributed by atoms with Crippen LogP contribution < -0.4 is 0 Å². The Balaban J connectivity index is 2.74. The summed E-state index contributed by atoms with van der Waals surface area (Å²) in [6.07, 6.45) is 8.17. The Morgan fingerprint density at radius 1 is 0.935 bits per heavy atom. The summed E-state index contributed by atoms with van der Waals surface area (Å²) in [5.74, 6) is 0.508. The summed E-state index contributed by atoms with van der Waals surface area (Å²) < 4.78 is 24.2. The van der Waals surface area contributed by atoms with Gasteiger partial charge in [-0.2, -0.15) is 0 Å². The van der Waals surface area contributed by atoms with Crippen LogP contribution in [0.25, 0.3) is 0 Å². The lowest BCUT2D eigenvalue weighted by Gasteiger charge is -2.49. The van der Waals surface area contributed by atoms with Crippen LogP contribution in [-0.4, -0.2) is 39.3 Å². The summed E-state index contributed by atoms with van der Waals surface area (Å²) >= 11 is 0. The van der Waals surface area contributed by atoms with Crippen molar-refractivity contribution >= 4 is 39.3 Å². The minimum atomic E-state index is -1.92. The van der Waals surface area contributed by atoms with E-state index in [4.69, 9.17) is 16.5 Å². The Kier molecular flexibility index (Phi) is 11.4. The van der Waals surface area contributed by atoms with Gasteiger partial charge in [-0.15, -0.1) is 0 Å². The highest BCUT2D eigenvalue weighted by Crippen LogP contribution is 2.57. The van der Waals surface area contributed by atoms with Gasteiger partial charge in [-0.1, -0.05) is 70.6 Å². The van der Waals surface area contributed by atoms with Crippen molar-refractivity contribution in [2.24, 2.45) is 11.3 Å². The van der Waals surface area contributed by atoms with E-state index in [2.05, 4.69) is 55.4 Å². The average Bonchev–Trinajstić information content (AvgIpc) is 2.74. The van der Waals surface area contributed by atoms with Gasteiger partial charge in [0.15, 0.2) is 0 Å². The van der Waals surface area contributed by atoms with Crippen molar-refractivity contribution in [1.29, 1.82) is 0 Å². The first-order valence-corrected chi connectivity index (χ1v) is 17.4. The molecule has 0 spiro atoms. The predicted molar refractivity (Wildman–Crippen MR) is 142 cm³/mol. The van der Waals surface area contributed by atoms with E-state index < -0.39 is 39.3 Å². The molecule has 8 heteroatoms. The van der Waals surface area contributed by atoms with Crippen LogP contribution in [0.3, 0.4) is 0 Å². The molecule has 0 bridgehead atoms. The second-order valence-corrected chi connectivity index (χ2v) is 17.1. The molecule has 1 aliphatic carbocycles. The number of hydrogen-bond acceptors (Lipinski definition) is 4. The van der Waals surface area contributed by atoms with Gasteiger partial charge in [0, 0.05) is 5.41 Å². The SMILES string of the molecule is CCCC1=C(CCC)C(CCC)(C(C)=C(CC)[SiH]2O[SiH2]O[SiH2]O[SiH2]O2)C(C)C(C)=C1C. The van der Waals surface area contributed by atoms with Crippen molar-refractivity contribution in [2.45, 2.75) is 100 Å². The normalized spacial score (nSPS) is 31.4. The summed E-state index contributed by atoms with van der Waals surface area (Å²) in [7, 11) is -4.71. The summed E-state index contributed by atoms with van der Waals surface area (Å²) in [5, 5.41) is 1.47. The number of hydrogen-bond donors (Lipinski definition) is 0. The molecule has 4 nitrogen and oxygen atoms in total. The molecule has 0 radical (unpaired) electrons. The van der Waals surface area contributed by atoms with E-state index in [1.165, 1.54) is 43.7 Å². The molecule has 2 unspecified atom stereocenters. The van der Waals surface area contributed by atoms with Gasteiger partial charge in [0.25, 0.3) is 30.0 Å². The fourth-order valence-corrected chi connectivity index (χ4v) is 15.3. The van der Waals surface area contributed by atoms with E-state index in [1.807, 2.05) is 0 Å². The smallest absolute Gasteiger partial charge is 0.333 e. The van der Waals surface area contributed by atoms with Crippen LogP contribution in [0.5, 0.6) is 0 Å². The lowest BCUT2D eigenvalue weighted by Crippen LogP contribution is -2.41. The Morgan fingerprint density at radius 2 is 1.55 bits per heavy atom. The molecule has 2 aliphatic rings. The van der Waals surface area contributed by atoms with Gasteiger partial charge >= 0.3 is 9.28 Å². The Labute approximate surface area is 200 Å². The lowest BCUT2D eigenvalue weighted by atomic mass is 9.55. The molecule has 1 fully saturated rings. The van der Waals surface area contributed by atoms with E-state index >= 15 is 0 Å². The second-order valence-electron chi connectivity index (χ2n) is 9.14. The summed E-state index contributed by atoms with van der Waals surface area (Å²) in [6, 6.07) is 0. The molecule has 0 aromatic rings. The van der Waals surface area contributed by atoms with Crippen molar-refractivity contribution in [1.82, 2.24) is 0 Å². The lowest BCUT2D eigenvalue weighted by molar-refractivity contribution is 0.268. The third-order valence-electron chi connectivity index (χ3n) is 7.57. The topological polar surface area (TPSA) is 36.9 Å². The van der Waals surface area contributed by atoms with E-state index in [0.717, 1.165) is 6.42 Å². The van der Waals surface area contributed by atoms with Crippen LogP contribution in [0.4, 0.5) is 0 Å². The summed E-state index contributed by atoms with van der Waals surface area (Å²) in [4.78, 5) is 0. The van der Waals surface area contributed by atoms with Crippen LogP contribution in [-0.2, 0) is 16.5 Å². The number of rotatable bonds is 9.